The maximum absolute atomic E-state index is 11.9. The summed E-state index contributed by atoms with van der Waals surface area (Å²) in [5.74, 6) is 0.0983. The lowest BCUT2D eigenvalue weighted by molar-refractivity contribution is -0.384. The Kier molecular flexibility index (Phi) is 6.43. The normalized spacial score (nSPS) is 10.2. The maximum atomic E-state index is 11.9. The van der Waals surface area contributed by atoms with Gasteiger partial charge in [-0.25, -0.2) is 0 Å². The first-order valence-corrected chi connectivity index (χ1v) is 8.21. The third-order valence-electron chi connectivity index (χ3n) is 3.66. The molecule has 0 aromatic heterocycles. The Hall–Kier alpha value is -3.22. The van der Waals surface area contributed by atoms with Gasteiger partial charge in [-0.1, -0.05) is 6.92 Å². The molecular formula is C19H20N2O5. The number of rotatable bonds is 8. The molecule has 0 aliphatic rings. The second-order valence-electron chi connectivity index (χ2n) is 5.78. The van der Waals surface area contributed by atoms with Gasteiger partial charge in [-0.3, -0.25) is 19.7 Å². The number of ether oxygens (including phenoxy) is 1. The number of nitro groups is 1. The van der Waals surface area contributed by atoms with E-state index >= 15 is 0 Å². The lowest BCUT2D eigenvalue weighted by Gasteiger charge is -2.12. The van der Waals surface area contributed by atoms with Crippen LogP contribution in [0.1, 0.15) is 42.6 Å². The molecule has 0 fully saturated rings. The number of hydrogen-bond donors (Lipinski definition) is 1. The lowest BCUT2D eigenvalue weighted by atomic mass is 10.1. The molecule has 7 nitrogen and oxygen atoms in total. The van der Waals surface area contributed by atoms with Gasteiger partial charge >= 0.3 is 0 Å². The van der Waals surface area contributed by atoms with E-state index in [0.717, 1.165) is 12.0 Å². The summed E-state index contributed by atoms with van der Waals surface area (Å²) >= 11 is 0. The molecule has 1 amide bonds. The Balaban J connectivity index is 2.11. The van der Waals surface area contributed by atoms with Crippen LogP contribution >= 0.6 is 0 Å². The molecule has 0 saturated carbocycles. The molecule has 0 heterocycles. The van der Waals surface area contributed by atoms with E-state index in [9.17, 15) is 19.7 Å². The highest BCUT2D eigenvalue weighted by molar-refractivity contribution is 5.99. The number of hydrogen-bond acceptors (Lipinski definition) is 5. The fraction of sp³-hybridized carbons (Fsp3) is 0.263. The van der Waals surface area contributed by atoms with Gasteiger partial charge in [-0.2, -0.15) is 0 Å². The first-order valence-electron chi connectivity index (χ1n) is 8.21. The number of carbonyl (C=O) groups excluding carboxylic acids is 2. The van der Waals surface area contributed by atoms with Crippen molar-refractivity contribution >= 4 is 23.1 Å². The molecule has 136 valence electrons. The van der Waals surface area contributed by atoms with E-state index < -0.39 is 4.92 Å². The summed E-state index contributed by atoms with van der Waals surface area (Å²) in [6.07, 6.45) is 1.15. The van der Waals surface area contributed by atoms with E-state index in [-0.39, 0.29) is 24.0 Å². The summed E-state index contributed by atoms with van der Waals surface area (Å²) < 4.78 is 5.69. The molecule has 0 aliphatic heterocycles. The zero-order valence-electron chi connectivity index (χ0n) is 14.7. The average molecular weight is 356 g/mol. The van der Waals surface area contributed by atoms with Crippen LogP contribution in [0.4, 0.5) is 11.4 Å². The second kappa shape index (κ2) is 8.75. The van der Waals surface area contributed by atoms with Gasteiger partial charge in [0.25, 0.3) is 5.69 Å². The smallest absolute Gasteiger partial charge is 0.269 e. The average Bonchev–Trinajstić information content (AvgIpc) is 2.61. The van der Waals surface area contributed by atoms with Crippen molar-refractivity contribution in [2.24, 2.45) is 0 Å². The Morgan fingerprint density at radius 2 is 1.85 bits per heavy atom. The topological polar surface area (TPSA) is 98.5 Å². The minimum absolute atomic E-state index is 0.00495. The molecule has 26 heavy (non-hydrogen) atoms. The Labute approximate surface area is 151 Å². The number of Topliss-reactive ketones (excluding diaryl/α,β-unsaturated/α-hetero) is 1. The molecule has 0 atom stereocenters. The number of non-ortho nitro benzene ring substituents is 1. The van der Waals surface area contributed by atoms with Crippen LogP contribution in [0.25, 0.3) is 0 Å². The van der Waals surface area contributed by atoms with Gasteiger partial charge in [-0.05, 0) is 49.2 Å². The predicted molar refractivity (Wildman–Crippen MR) is 97.4 cm³/mol. The quantitative estimate of drug-likeness (QED) is 0.436. The number of nitro benzene ring substituents is 1. The molecule has 0 saturated heterocycles. The summed E-state index contributed by atoms with van der Waals surface area (Å²) in [6.45, 7) is 3.50. The fourth-order valence-electron chi connectivity index (χ4n) is 2.33. The largest absolute Gasteiger partial charge is 0.488 e. The molecule has 1 N–H and O–H groups in total. The SMILES string of the molecule is CCCC(=O)Nc1ccc(OCc2ccc([N+](=O)[O-])cc2)c(C(C)=O)c1. The van der Waals surface area contributed by atoms with Gasteiger partial charge in [0, 0.05) is 24.2 Å². The van der Waals surface area contributed by atoms with Crippen LogP contribution in [-0.2, 0) is 11.4 Å². The van der Waals surface area contributed by atoms with E-state index in [0.29, 0.717) is 23.4 Å². The van der Waals surface area contributed by atoms with Crippen molar-refractivity contribution < 1.29 is 19.2 Å². The van der Waals surface area contributed by atoms with Crippen LogP contribution in [0.3, 0.4) is 0 Å². The highest BCUT2D eigenvalue weighted by Crippen LogP contribution is 2.25. The monoisotopic (exact) mass is 356 g/mol. The van der Waals surface area contributed by atoms with E-state index in [2.05, 4.69) is 5.32 Å². The van der Waals surface area contributed by atoms with E-state index in [4.69, 9.17) is 4.74 Å². The molecular weight excluding hydrogens is 336 g/mol. The Bertz CT molecular complexity index is 815. The number of nitrogens with one attached hydrogen (secondary N) is 1. The Morgan fingerprint density at radius 1 is 1.15 bits per heavy atom. The van der Waals surface area contributed by atoms with Crippen molar-refractivity contribution in [3.05, 3.63) is 63.7 Å². The zero-order chi connectivity index (χ0) is 19.1. The minimum atomic E-state index is -0.468. The zero-order valence-corrected chi connectivity index (χ0v) is 14.7. The fourth-order valence-corrected chi connectivity index (χ4v) is 2.33. The molecule has 0 spiro atoms. The number of ketones is 1. The molecule has 7 heteroatoms. The van der Waals surface area contributed by atoms with Crippen molar-refractivity contribution in [1.82, 2.24) is 0 Å². The number of carbonyl (C=O) groups is 2. The summed E-state index contributed by atoms with van der Waals surface area (Å²) in [4.78, 5) is 33.8. The molecule has 0 unspecified atom stereocenters. The molecule has 0 radical (unpaired) electrons. The van der Waals surface area contributed by atoms with E-state index in [1.807, 2.05) is 6.92 Å². The first kappa shape index (κ1) is 19.1. The molecule has 0 aliphatic carbocycles. The predicted octanol–water partition coefficient (Wildman–Crippen LogP) is 4.12. The lowest BCUT2D eigenvalue weighted by Crippen LogP contribution is -2.11. The van der Waals surface area contributed by atoms with Crippen molar-refractivity contribution in [1.29, 1.82) is 0 Å². The minimum Gasteiger partial charge on any atom is -0.488 e. The van der Waals surface area contributed by atoms with Crippen LogP contribution in [0, 0.1) is 10.1 Å². The third-order valence-corrected chi connectivity index (χ3v) is 3.66. The van der Waals surface area contributed by atoms with Crippen LogP contribution in [0.5, 0.6) is 5.75 Å². The van der Waals surface area contributed by atoms with Gasteiger partial charge in [-0.15, -0.1) is 0 Å². The van der Waals surface area contributed by atoms with Gasteiger partial charge in [0.1, 0.15) is 12.4 Å². The van der Waals surface area contributed by atoms with Gasteiger partial charge < -0.3 is 10.1 Å². The maximum Gasteiger partial charge on any atom is 0.269 e. The summed E-state index contributed by atoms with van der Waals surface area (Å²) in [5.41, 5.74) is 1.65. The first-order chi connectivity index (χ1) is 12.4. The molecule has 2 aromatic carbocycles. The molecule has 2 rings (SSSR count). The number of nitrogens with zero attached hydrogens (tertiary/aromatic N) is 1. The third kappa shape index (κ3) is 5.14. The van der Waals surface area contributed by atoms with Crippen molar-refractivity contribution in [3.63, 3.8) is 0 Å². The highest BCUT2D eigenvalue weighted by atomic mass is 16.6. The van der Waals surface area contributed by atoms with Crippen molar-refractivity contribution in [2.45, 2.75) is 33.3 Å². The summed E-state index contributed by atoms with van der Waals surface area (Å²) in [6, 6.07) is 10.9. The van der Waals surface area contributed by atoms with E-state index in [1.54, 1.807) is 30.3 Å². The van der Waals surface area contributed by atoms with E-state index in [1.165, 1.54) is 19.1 Å². The Morgan fingerprint density at radius 3 is 2.42 bits per heavy atom. The number of amides is 1. The molecule has 2 aromatic rings. The number of anilines is 1. The second-order valence-corrected chi connectivity index (χ2v) is 5.78. The van der Waals surface area contributed by atoms with Crippen LogP contribution in [-0.4, -0.2) is 16.6 Å². The highest BCUT2D eigenvalue weighted by Gasteiger charge is 2.12. The summed E-state index contributed by atoms with van der Waals surface area (Å²) in [5, 5.41) is 13.4. The van der Waals surface area contributed by atoms with Gasteiger partial charge in [0.2, 0.25) is 5.91 Å². The van der Waals surface area contributed by atoms with Crippen LogP contribution < -0.4 is 10.1 Å². The van der Waals surface area contributed by atoms with Crippen LogP contribution in [0.15, 0.2) is 42.5 Å². The summed E-state index contributed by atoms with van der Waals surface area (Å²) in [7, 11) is 0. The standard InChI is InChI=1S/C19H20N2O5/c1-3-4-19(23)20-15-7-10-18(17(11-15)13(2)22)26-12-14-5-8-16(9-6-14)21(24)25/h5-11H,3-4,12H2,1-2H3,(H,20,23). The molecule has 0 bridgehead atoms. The van der Waals surface area contributed by atoms with Gasteiger partial charge in [0.05, 0.1) is 10.5 Å². The van der Waals surface area contributed by atoms with Gasteiger partial charge in [0.15, 0.2) is 5.78 Å². The number of benzene rings is 2. The van der Waals surface area contributed by atoms with Crippen molar-refractivity contribution in [3.8, 4) is 5.75 Å². The van der Waals surface area contributed by atoms with Crippen LogP contribution in [0.2, 0.25) is 0 Å². The van der Waals surface area contributed by atoms with Crippen molar-refractivity contribution in [2.75, 3.05) is 5.32 Å².